The Morgan fingerprint density at radius 2 is 2.21 bits per heavy atom. The van der Waals surface area contributed by atoms with E-state index in [0.29, 0.717) is 11.6 Å². The summed E-state index contributed by atoms with van der Waals surface area (Å²) < 4.78 is 0.801. The second-order valence-electron chi connectivity index (χ2n) is 5.17. The maximum Gasteiger partial charge on any atom is 0.337 e. The SMILES string of the molecule is CN(C)C1CCCN(c2ccc(Br)cc2C(=O)O)C1. The lowest BCUT2D eigenvalue weighted by Crippen LogP contribution is -2.45. The van der Waals surface area contributed by atoms with E-state index in [1.54, 1.807) is 6.07 Å². The van der Waals surface area contributed by atoms with E-state index >= 15 is 0 Å². The van der Waals surface area contributed by atoms with E-state index in [4.69, 9.17) is 0 Å². The molecule has 2 rings (SSSR count). The molecule has 104 valence electrons. The van der Waals surface area contributed by atoms with Crippen LogP contribution in [-0.4, -0.2) is 49.2 Å². The van der Waals surface area contributed by atoms with E-state index in [1.807, 2.05) is 12.1 Å². The van der Waals surface area contributed by atoms with Gasteiger partial charge in [0, 0.05) is 23.6 Å². The van der Waals surface area contributed by atoms with Crippen LogP contribution in [0.3, 0.4) is 0 Å². The molecule has 0 radical (unpaired) electrons. The quantitative estimate of drug-likeness (QED) is 0.927. The van der Waals surface area contributed by atoms with Crippen molar-refractivity contribution in [3.05, 3.63) is 28.2 Å². The third-order valence-electron chi connectivity index (χ3n) is 3.66. The summed E-state index contributed by atoms with van der Waals surface area (Å²) in [5.74, 6) is -0.872. The summed E-state index contributed by atoms with van der Waals surface area (Å²) in [6, 6.07) is 5.96. The van der Waals surface area contributed by atoms with Crippen molar-refractivity contribution < 1.29 is 9.90 Å². The second kappa shape index (κ2) is 5.92. The normalized spacial score (nSPS) is 19.8. The highest BCUT2D eigenvalue weighted by atomic mass is 79.9. The maximum absolute atomic E-state index is 11.4. The lowest BCUT2D eigenvalue weighted by molar-refractivity contribution is 0.0697. The molecule has 0 amide bonds. The number of piperidine rings is 1. The summed E-state index contributed by atoms with van der Waals surface area (Å²) in [6.45, 7) is 1.81. The van der Waals surface area contributed by atoms with Crippen molar-refractivity contribution in [3.8, 4) is 0 Å². The molecule has 1 heterocycles. The minimum Gasteiger partial charge on any atom is -0.478 e. The van der Waals surface area contributed by atoms with E-state index < -0.39 is 5.97 Å². The van der Waals surface area contributed by atoms with Gasteiger partial charge in [0.05, 0.1) is 11.3 Å². The minimum absolute atomic E-state index is 0.369. The first kappa shape index (κ1) is 14.3. The molecule has 1 aliphatic rings. The van der Waals surface area contributed by atoms with E-state index in [-0.39, 0.29) is 0 Å². The maximum atomic E-state index is 11.4. The summed E-state index contributed by atoms with van der Waals surface area (Å²) in [6.07, 6.45) is 2.26. The summed E-state index contributed by atoms with van der Waals surface area (Å²) >= 11 is 3.33. The first-order valence-electron chi connectivity index (χ1n) is 6.43. The highest BCUT2D eigenvalue weighted by Gasteiger charge is 2.24. The van der Waals surface area contributed by atoms with Crippen LogP contribution >= 0.6 is 15.9 Å². The number of carboxylic acids is 1. The van der Waals surface area contributed by atoms with Gasteiger partial charge in [0.2, 0.25) is 0 Å². The average molecular weight is 327 g/mol. The molecule has 1 aromatic carbocycles. The largest absolute Gasteiger partial charge is 0.478 e. The zero-order chi connectivity index (χ0) is 14.0. The number of rotatable bonds is 3. The van der Waals surface area contributed by atoms with Crippen LogP contribution in [0.5, 0.6) is 0 Å². The molecular weight excluding hydrogens is 308 g/mol. The predicted octanol–water partition coefficient (Wildman–Crippen LogP) is 2.68. The summed E-state index contributed by atoms with van der Waals surface area (Å²) in [4.78, 5) is 15.8. The van der Waals surface area contributed by atoms with Gasteiger partial charge in [-0.1, -0.05) is 15.9 Å². The van der Waals surface area contributed by atoms with Crippen LogP contribution in [0.2, 0.25) is 0 Å². The Balaban J connectivity index is 2.28. The van der Waals surface area contributed by atoms with Crippen molar-refractivity contribution in [3.63, 3.8) is 0 Å². The number of likely N-dealkylation sites (N-methyl/N-ethyl adjacent to an activating group) is 1. The van der Waals surface area contributed by atoms with Crippen LogP contribution in [-0.2, 0) is 0 Å². The predicted molar refractivity (Wildman–Crippen MR) is 80.0 cm³/mol. The third kappa shape index (κ3) is 3.28. The van der Waals surface area contributed by atoms with Crippen LogP contribution in [0.25, 0.3) is 0 Å². The Morgan fingerprint density at radius 1 is 1.47 bits per heavy atom. The van der Waals surface area contributed by atoms with Gasteiger partial charge in [-0.15, -0.1) is 0 Å². The molecule has 0 saturated carbocycles. The van der Waals surface area contributed by atoms with Gasteiger partial charge < -0.3 is 14.9 Å². The van der Waals surface area contributed by atoms with Crippen molar-refractivity contribution in [1.82, 2.24) is 4.90 Å². The van der Waals surface area contributed by atoms with Crippen LogP contribution < -0.4 is 4.90 Å². The average Bonchev–Trinajstić information content (AvgIpc) is 2.38. The Kier molecular flexibility index (Phi) is 4.47. The number of hydrogen-bond acceptors (Lipinski definition) is 3. The lowest BCUT2D eigenvalue weighted by Gasteiger charge is -2.38. The van der Waals surface area contributed by atoms with Crippen LogP contribution in [0.15, 0.2) is 22.7 Å². The molecule has 1 aliphatic heterocycles. The summed E-state index contributed by atoms with van der Waals surface area (Å²) in [5.41, 5.74) is 1.19. The number of halogens is 1. The van der Waals surface area contributed by atoms with E-state index in [0.717, 1.165) is 29.7 Å². The van der Waals surface area contributed by atoms with E-state index in [1.165, 1.54) is 6.42 Å². The van der Waals surface area contributed by atoms with Gasteiger partial charge in [0.15, 0.2) is 0 Å². The topological polar surface area (TPSA) is 43.8 Å². The molecule has 1 N–H and O–H groups in total. The van der Waals surface area contributed by atoms with Crippen LogP contribution in [0.1, 0.15) is 23.2 Å². The monoisotopic (exact) mass is 326 g/mol. The molecule has 5 heteroatoms. The van der Waals surface area contributed by atoms with Gasteiger partial charge in [-0.25, -0.2) is 4.79 Å². The fourth-order valence-corrected chi connectivity index (χ4v) is 2.91. The first-order chi connectivity index (χ1) is 8.99. The Labute approximate surface area is 122 Å². The molecule has 1 fully saturated rings. The molecule has 0 spiro atoms. The van der Waals surface area contributed by atoms with Gasteiger partial charge >= 0.3 is 5.97 Å². The molecule has 1 unspecified atom stereocenters. The number of aromatic carboxylic acids is 1. The van der Waals surface area contributed by atoms with Gasteiger partial charge in [-0.2, -0.15) is 0 Å². The number of carbonyl (C=O) groups is 1. The van der Waals surface area contributed by atoms with E-state index in [9.17, 15) is 9.90 Å². The number of carboxylic acid groups (broad SMARTS) is 1. The van der Waals surface area contributed by atoms with Crippen molar-refractivity contribution in [1.29, 1.82) is 0 Å². The molecule has 0 aromatic heterocycles. The van der Waals surface area contributed by atoms with E-state index in [2.05, 4.69) is 39.8 Å². The smallest absolute Gasteiger partial charge is 0.337 e. The van der Waals surface area contributed by atoms with Gasteiger partial charge in [0.25, 0.3) is 0 Å². The van der Waals surface area contributed by atoms with Crippen molar-refractivity contribution in [2.45, 2.75) is 18.9 Å². The molecule has 4 nitrogen and oxygen atoms in total. The molecule has 1 saturated heterocycles. The molecule has 0 bridgehead atoms. The number of anilines is 1. The number of nitrogens with zero attached hydrogens (tertiary/aromatic N) is 2. The van der Waals surface area contributed by atoms with Gasteiger partial charge in [0.1, 0.15) is 0 Å². The zero-order valence-corrected chi connectivity index (χ0v) is 12.9. The molecule has 1 aromatic rings. The molecule has 0 aliphatic carbocycles. The minimum atomic E-state index is -0.872. The fraction of sp³-hybridized carbons (Fsp3) is 0.500. The van der Waals surface area contributed by atoms with Crippen LogP contribution in [0.4, 0.5) is 5.69 Å². The zero-order valence-electron chi connectivity index (χ0n) is 11.3. The Hall–Kier alpha value is -1.07. The molecule has 1 atom stereocenters. The standard InChI is InChI=1S/C14H19BrN2O2/c1-16(2)11-4-3-7-17(9-11)13-6-5-10(15)8-12(13)14(18)19/h5-6,8,11H,3-4,7,9H2,1-2H3,(H,18,19). The molecular formula is C14H19BrN2O2. The Morgan fingerprint density at radius 3 is 2.84 bits per heavy atom. The van der Waals surface area contributed by atoms with Gasteiger partial charge in [-0.05, 0) is 45.1 Å². The lowest BCUT2D eigenvalue weighted by atomic mass is 10.0. The summed E-state index contributed by atoms with van der Waals surface area (Å²) in [7, 11) is 4.15. The second-order valence-corrected chi connectivity index (χ2v) is 6.09. The summed E-state index contributed by atoms with van der Waals surface area (Å²) in [5, 5.41) is 9.34. The third-order valence-corrected chi connectivity index (χ3v) is 4.15. The van der Waals surface area contributed by atoms with Crippen LogP contribution in [0, 0.1) is 0 Å². The number of hydrogen-bond donors (Lipinski definition) is 1. The van der Waals surface area contributed by atoms with Crippen molar-refractivity contribution in [2.75, 3.05) is 32.1 Å². The number of benzene rings is 1. The van der Waals surface area contributed by atoms with Crippen molar-refractivity contribution >= 4 is 27.6 Å². The van der Waals surface area contributed by atoms with Gasteiger partial charge in [-0.3, -0.25) is 0 Å². The fourth-order valence-electron chi connectivity index (χ4n) is 2.55. The highest BCUT2D eigenvalue weighted by molar-refractivity contribution is 9.10. The molecule has 19 heavy (non-hydrogen) atoms. The highest BCUT2D eigenvalue weighted by Crippen LogP contribution is 2.28. The Bertz CT molecular complexity index is 477. The van der Waals surface area contributed by atoms with Crippen molar-refractivity contribution in [2.24, 2.45) is 0 Å². The first-order valence-corrected chi connectivity index (χ1v) is 7.22.